The van der Waals surface area contributed by atoms with E-state index in [1.165, 1.54) is 0 Å². The zero-order chi connectivity index (χ0) is 9.68. The van der Waals surface area contributed by atoms with Gasteiger partial charge in [0.05, 0.1) is 0 Å². The summed E-state index contributed by atoms with van der Waals surface area (Å²) >= 11 is 2.13. The van der Waals surface area contributed by atoms with Crippen molar-refractivity contribution >= 4 is 22.6 Å². The third kappa shape index (κ3) is 3.89. The van der Waals surface area contributed by atoms with E-state index in [1.807, 2.05) is 30.3 Å². The van der Waals surface area contributed by atoms with E-state index in [-0.39, 0.29) is 0 Å². The summed E-state index contributed by atoms with van der Waals surface area (Å²) in [4.78, 5) is 0. The molecule has 13 heavy (non-hydrogen) atoms. The Hall–Kier alpha value is -0.380. The van der Waals surface area contributed by atoms with Crippen LogP contribution >= 0.6 is 22.6 Å². The lowest BCUT2D eigenvalue weighted by Gasteiger charge is -2.06. The van der Waals surface area contributed by atoms with Crippen LogP contribution in [-0.2, 0) is 0 Å². The average Bonchev–Trinajstić information content (AvgIpc) is 2.15. The molecule has 1 unspecified atom stereocenters. The highest BCUT2D eigenvalue weighted by Crippen LogP contribution is 2.25. The van der Waals surface area contributed by atoms with Gasteiger partial charge in [0, 0.05) is 0 Å². The van der Waals surface area contributed by atoms with Crippen LogP contribution in [0.2, 0.25) is 0 Å². The Labute approximate surface area is 92.0 Å². The van der Waals surface area contributed by atoms with Crippen molar-refractivity contribution in [2.75, 3.05) is 0 Å². The molecule has 1 atom stereocenters. The summed E-state index contributed by atoms with van der Waals surface area (Å²) in [6, 6.07) is 9.26. The van der Waals surface area contributed by atoms with E-state index < -0.39 is 6.17 Å². The van der Waals surface area contributed by atoms with Gasteiger partial charge in [-0.15, -0.1) is 0 Å². The first-order valence-corrected chi connectivity index (χ1v) is 5.30. The minimum Gasteiger partial charge on any atom is -0.242 e. The molecule has 0 heterocycles. The zero-order valence-corrected chi connectivity index (χ0v) is 9.50. The maximum Gasteiger partial charge on any atom is 0.125 e. The minimum absolute atomic E-state index is 0.534. The van der Waals surface area contributed by atoms with Crippen LogP contribution < -0.4 is 0 Å². The number of hydrogen-bond donors (Lipinski definition) is 0. The Bertz CT molecular complexity index is 269. The number of hydrogen-bond acceptors (Lipinski definition) is 0. The number of allylic oxidation sites excluding steroid dienone is 1. The highest BCUT2D eigenvalue weighted by molar-refractivity contribution is 14.1. The molecule has 0 radical (unpaired) electrons. The summed E-state index contributed by atoms with van der Waals surface area (Å²) in [6.07, 6.45) is 0.426. The Balaban J connectivity index is 2.49. The molecule has 0 nitrogen and oxygen atoms in total. The Morgan fingerprint density at radius 1 is 1.38 bits per heavy atom. The molecule has 0 N–H and O–H groups in total. The van der Waals surface area contributed by atoms with E-state index in [4.69, 9.17) is 0 Å². The molecule has 0 aromatic heterocycles. The summed E-state index contributed by atoms with van der Waals surface area (Å²) in [5.41, 5.74) is 0.764. The van der Waals surface area contributed by atoms with Crippen molar-refractivity contribution in [2.24, 2.45) is 0 Å². The molecule has 2 heteroatoms. The van der Waals surface area contributed by atoms with E-state index in [1.54, 1.807) is 0 Å². The van der Waals surface area contributed by atoms with Crippen LogP contribution in [0, 0.1) is 0 Å². The lowest BCUT2D eigenvalue weighted by atomic mass is 10.1. The molecule has 0 fully saturated rings. The fraction of sp³-hybridized carbons (Fsp3) is 0.273. The molecule has 0 spiro atoms. The maximum absolute atomic E-state index is 13.5. The van der Waals surface area contributed by atoms with Gasteiger partial charge in [-0.25, -0.2) is 4.39 Å². The normalized spacial score (nSPS) is 12.5. The fourth-order valence-electron chi connectivity index (χ4n) is 1.11. The van der Waals surface area contributed by atoms with E-state index in [9.17, 15) is 4.39 Å². The standard InChI is InChI=1S/C11H12FI/c1-9(13)7-8-11(12)10-5-3-2-4-6-10/h2-6,11H,1,7-8H2. The molecular weight excluding hydrogens is 278 g/mol. The summed E-state index contributed by atoms with van der Waals surface area (Å²) in [5, 5.41) is 0. The predicted molar refractivity (Wildman–Crippen MR) is 62.7 cm³/mol. The SMILES string of the molecule is C=C(I)CCC(F)c1ccccc1. The molecule has 70 valence electrons. The molecule has 0 bridgehead atoms. The van der Waals surface area contributed by atoms with Gasteiger partial charge in [0.1, 0.15) is 6.17 Å². The van der Waals surface area contributed by atoms with Crippen molar-refractivity contribution < 1.29 is 4.39 Å². The lowest BCUT2D eigenvalue weighted by molar-refractivity contribution is 0.325. The fourth-order valence-corrected chi connectivity index (χ4v) is 1.42. The molecule has 0 amide bonds. The van der Waals surface area contributed by atoms with Gasteiger partial charge in [0.15, 0.2) is 0 Å². The van der Waals surface area contributed by atoms with Crippen molar-refractivity contribution in [3.63, 3.8) is 0 Å². The monoisotopic (exact) mass is 290 g/mol. The van der Waals surface area contributed by atoms with Crippen molar-refractivity contribution in [2.45, 2.75) is 19.0 Å². The Kier molecular flexibility index (Phi) is 4.42. The minimum atomic E-state index is -0.854. The van der Waals surface area contributed by atoms with Gasteiger partial charge in [-0.3, -0.25) is 0 Å². The second-order valence-electron chi connectivity index (χ2n) is 2.93. The largest absolute Gasteiger partial charge is 0.242 e. The number of halogens is 2. The average molecular weight is 290 g/mol. The maximum atomic E-state index is 13.5. The van der Waals surface area contributed by atoms with Gasteiger partial charge in [0.2, 0.25) is 0 Å². The number of rotatable bonds is 4. The molecule has 1 aromatic carbocycles. The molecular formula is C11H12FI. The van der Waals surface area contributed by atoms with Crippen LogP contribution in [0.1, 0.15) is 24.6 Å². The van der Waals surface area contributed by atoms with Crippen LogP contribution in [0.15, 0.2) is 40.5 Å². The third-order valence-corrected chi connectivity index (χ3v) is 2.37. The highest BCUT2D eigenvalue weighted by atomic mass is 127. The topological polar surface area (TPSA) is 0 Å². The highest BCUT2D eigenvalue weighted by Gasteiger charge is 2.08. The van der Waals surface area contributed by atoms with Gasteiger partial charge < -0.3 is 0 Å². The zero-order valence-electron chi connectivity index (χ0n) is 7.34. The van der Waals surface area contributed by atoms with Crippen molar-refractivity contribution in [1.82, 2.24) is 0 Å². The third-order valence-electron chi connectivity index (χ3n) is 1.83. The Morgan fingerprint density at radius 3 is 2.54 bits per heavy atom. The van der Waals surface area contributed by atoms with Gasteiger partial charge >= 0.3 is 0 Å². The molecule has 1 aromatic rings. The first-order chi connectivity index (χ1) is 6.20. The molecule has 1 rings (SSSR count). The van der Waals surface area contributed by atoms with Gasteiger partial charge in [-0.1, -0.05) is 36.9 Å². The molecule has 0 aliphatic rings. The lowest BCUT2D eigenvalue weighted by Crippen LogP contribution is -1.90. The second-order valence-corrected chi connectivity index (χ2v) is 4.46. The van der Waals surface area contributed by atoms with E-state index in [2.05, 4.69) is 29.2 Å². The first-order valence-electron chi connectivity index (χ1n) is 4.22. The summed E-state index contributed by atoms with van der Waals surface area (Å²) < 4.78 is 14.5. The van der Waals surface area contributed by atoms with Crippen molar-refractivity contribution in [3.05, 3.63) is 46.1 Å². The smallest absolute Gasteiger partial charge is 0.125 e. The quantitative estimate of drug-likeness (QED) is 0.720. The predicted octanol–water partition coefficient (Wildman–Crippen LogP) is 4.43. The van der Waals surface area contributed by atoms with Crippen molar-refractivity contribution in [1.29, 1.82) is 0 Å². The van der Waals surface area contributed by atoms with Crippen LogP contribution in [-0.4, -0.2) is 0 Å². The van der Waals surface area contributed by atoms with Crippen LogP contribution in [0.5, 0.6) is 0 Å². The van der Waals surface area contributed by atoms with Crippen molar-refractivity contribution in [3.8, 4) is 0 Å². The summed E-state index contributed by atoms with van der Waals surface area (Å²) in [6.45, 7) is 3.74. The van der Waals surface area contributed by atoms with Gasteiger partial charge in [0.25, 0.3) is 0 Å². The molecule has 0 aliphatic heterocycles. The number of alkyl halides is 1. The van der Waals surface area contributed by atoms with E-state index in [0.29, 0.717) is 6.42 Å². The molecule has 0 aliphatic carbocycles. The van der Waals surface area contributed by atoms with Crippen LogP contribution in [0.25, 0.3) is 0 Å². The van der Waals surface area contributed by atoms with Gasteiger partial charge in [-0.2, -0.15) is 0 Å². The van der Waals surface area contributed by atoms with E-state index >= 15 is 0 Å². The van der Waals surface area contributed by atoms with Crippen LogP contribution in [0.4, 0.5) is 4.39 Å². The Morgan fingerprint density at radius 2 is 2.00 bits per heavy atom. The molecule has 0 saturated heterocycles. The summed E-state index contributed by atoms with van der Waals surface area (Å²) in [5.74, 6) is 0. The number of benzene rings is 1. The second kappa shape index (κ2) is 5.37. The summed E-state index contributed by atoms with van der Waals surface area (Å²) in [7, 11) is 0. The van der Waals surface area contributed by atoms with Gasteiger partial charge in [-0.05, 0) is 44.6 Å². The first kappa shape index (κ1) is 10.7. The van der Waals surface area contributed by atoms with Crippen LogP contribution in [0.3, 0.4) is 0 Å². The molecule has 0 saturated carbocycles. The van der Waals surface area contributed by atoms with E-state index in [0.717, 1.165) is 15.6 Å².